The van der Waals surface area contributed by atoms with Gasteiger partial charge in [-0.05, 0) is 34.1 Å². The molecule has 17 heavy (non-hydrogen) atoms. The number of hydrogen-bond donors (Lipinski definition) is 2. The number of hydrogen-bond acceptors (Lipinski definition) is 4. The molecule has 0 aliphatic heterocycles. The number of carbonyl (C=O) groups excluding carboxylic acids is 1. The number of halogens is 2. The summed E-state index contributed by atoms with van der Waals surface area (Å²) in [6, 6.07) is 4.01. The summed E-state index contributed by atoms with van der Waals surface area (Å²) in [5, 5.41) is 15.6. The summed E-state index contributed by atoms with van der Waals surface area (Å²) in [7, 11) is 0. The number of aromatic nitrogens is 4. The summed E-state index contributed by atoms with van der Waals surface area (Å²) in [4.78, 5) is 11.7. The SMILES string of the molecule is O=C(NCc1nn[nH]n1)c1ccc(F)c(Br)c1. The fourth-order valence-electron chi connectivity index (χ4n) is 1.16. The van der Waals surface area contributed by atoms with Crippen LogP contribution in [0.15, 0.2) is 22.7 Å². The largest absolute Gasteiger partial charge is 0.345 e. The van der Waals surface area contributed by atoms with Crippen LogP contribution in [0.4, 0.5) is 4.39 Å². The van der Waals surface area contributed by atoms with Gasteiger partial charge in [0.2, 0.25) is 0 Å². The van der Waals surface area contributed by atoms with Gasteiger partial charge in [0.25, 0.3) is 5.91 Å². The summed E-state index contributed by atoms with van der Waals surface area (Å²) in [5.41, 5.74) is 0.349. The lowest BCUT2D eigenvalue weighted by Crippen LogP contribution is -2.23. The van der Waals surface area contributed by atoms with Crippen LogP contribution in [0.3, 0.4) is 0 Å². The van der Waals surface area contributed by atoms with Crippen LogP contribution in [0.5, 0.6) is 0 Å². The predicted molar refractivity (Wildman–Crippen MR) is 59.4 cm³/mol. The van der Waals surface area contributed by atoms with E-state index in [0.717, 1.165) is 0 Å². The Morgan fingerprint density at radius 1 is 1.53 bits per heavy atom. The third kappa shape index (κ3) is 2.84. The van der Waals surface area contributed by atoms with Crippen molar-refractivity contribution in [3.63, 3.8) is 0 Å². The van der Waals surface area contributed by atoms with Gasteiger partial charge in [-0.25, -0.2) is 4.39 Å². The second-order valence-electron chi connectivity index (χ2n) is 3.14. The number of H-pyrrole nitrogens is 1. The van der Waals surface area contributed by atoms with Crippen LogP contribution in [0.2, 0.25) is 0 Å². The number of tetrazole rings is 1. The van der Waals surface area contributed by atoms with Gasteiger partial charge in [0.1, 0.15) is 5.82 Å². The van der Waals surface area contributed by atoms with Crippen molar-refractivity contribution >= 4 is 21.8 Å². The number of nitrogens with zero attached hydrogens (tertiary/aromatic N) is 3. The molecule has 0 aliphatic rings. The zero-order valence-corrected chi connectivity index (χ0v) is 10.0. The third-order valence-electron chi connectivity index (χ3n) is 1.98. The molecule has 0 atom stereocenters. The average Bonchev–Trinajstić information content (AvgIpc) is 2.82. The zero-order chi connectivity index (χ0) is 12.3. The molecule has 1 aromatic heterocycles. The van der Waals surface area contributed by atoms with E-state index in [0.29, 0.717) is 11.4 Å². The van der Waals surface area contributed by atoms with Gasteiger partial charge < -0.3 is 5.32 Å². The van der Waals surface area contributed by atoms with E-state index in [4.69, 9.17) is 0 Å². The first-order valence-electron chi connectivity index (χ1n) is 4.62. The van der Waals surface area contributed by atoms with Gasteiger partial charge in [0, 0.05) is 5.56 Å². The molecule has 0 spiro atoms. The molecule has 0 unspecified atom stereocenters. The number of rotatable bonds is 3. The minimum absolute atomic E-state index is 0.157. The number of benzene rings is 1. The quantitative estimate of drug-likeness (QED) is 0.887. The predicted octanol–water partition coefficient (Wildman–Crippen LogP) is 1.03. The van der Waals surface area contributed by atoms with Crippen molar-refractivity contribution in [2.45, 2.75) is 6.54 Å². The first-order valence-corrected chi connectivity index (χ1v) is 5.41. The smallest absolute Gasteiger partial charge is 0.251 e. The molecule has 0 fully saturated rings. The Labute approximate surface area is 104 Å². The normalized spacial score (nSPS) is 10.2. The van der Waals surface area contributed by atoms with Crippen molar-refractivity contribution < 1.29 is 9.18 Å². The van der Waals surface area contributed by atoms with Gasteiger partial charge in [0.15, 0.2) is 5.82 Å². The Balaban J connectivity index is 2.02. The van der Waals surface area contributed by atoms with Crippen molar-refractivity contribution in [2.75, 3.05) is 0 Å². The Morgan fingerprint density at radius 2 is 2.35 bits per heavy atom. The minimum atomic E-state index is -0.417. The fourth-order valence-corrected chi connectivity index (χ4v) is 1.53. The van der Waals surface area contributed by atoms with E-state index in [1.165, 1.54) is 18.2 Å². The fraction of sp³-hybridized carbons (Fsp3) is 0.111. The van der Waals surface area contributed by atoms with E-state index in [2.05, 4.69) is 41.9 Å². The van der Waals surface area contributed by atoms with Crippen LogP contribution < -0.4 is 5.32 Å². The van der Waals surface area contributed by atoms with Crippen LogP contribution in [-0.2, 0) is 6.54 Å². The second-order valence-corrected chi connectivity index (χ2v) is 3.99. The molecule has 0 bridgehead atoms. The number of nitrogens with one attached hydrogen (secondary N) is 2. The molecular weight excluding hydrogens is 293 g/mol. The first-order chi connectivity index (χ1) is 8.16. The monoisotopic (exact) mass is 299 g/mol. The summed E-state index contributed by atoms with van der Waals surface area (Å²) in [5.74, 6) is -0.380. The molecule has 1 heterocycles. The van der Waals surface area contributed by atoms with Crippen LogP contribution in [-0.4, -0.2) is 26.5 Å². The van der Waals surface area contributed by atoms with E-state index in [9.17, 15) is 9.18 Å². The average molecular weight is 300 g/mol. The van der Waals surface area contributed by atoms with E-state index in [-0.39, 0.29) is 16.9 Å². The van der Waals surface area contributed by atoms with E-state index in [1.54, 1.807) is 0 Å². The Hall–Kier alpha value is -1.83. The highest BCUT2D eigenvalue weighted by Gasteiger charge is 2.09. The molecule has 0 saturated carbocycles. The second kappa shape index (κ2) is 5.00. The molecule has 2 aromatic rings. The van der Waals surface area contributed by atoms with Crippen molar-refractivity contribution in [3.05, 3.63) is 39.9 Å². The molecule has 0 saturated heterocycles. The number of carbonyl (C=O) groups is 1. The molecule has 88 valence electrons. The highest BCUT2D eigenvalue weighted by atomic mass is 79.9. The Kier molecular flexibility index (Phi) is 3.43. The lowest BCUT2D eigenvalue weighted by molar-refractivity contribution is 0.0950. The summed E-state index contributed by atoms with van der Waals surface area (Å²) >= 11 is 3.01. The highest BCUT2D eigenvalue weighted by molar-refractivity contribution is 9.10. The van der Waals surface area contributed by atoms with E-state index in [1.807, 2.05) is 0 Å². The van der Waals surface area contributed by atoms with Gasteiger partial charge in [0.05, 0.1) is 11.0 Å². The highest BCUT2D eigenvalue weighted by Crippen LogP contribution is 2.16. The zero-order valence-electron chi connectivity index (χ0n) is 8.44. The Bertz CT molecular complexity index is 530. The summed E-state index contributed by atoms with van der Waals surface area (Å²) < 4.78 is 13.2. The third-order valence-corrected chi connectivity index (χ3v) is 2.59. The van der Waals surface area contributed by atoms with Gasteiger partial charge >= 0.3 is 0 Å². The molecular formula is C9H7BrFN5O. The lowest BCUT2D eigenvalue weighted by Gasteiger charge is -2.03. The molecule has 6 nitrogen and oxygen atoms in total. The van der Waals surface area contributed by atoms with Crippen LogP contribution in [0.1, 0.15) is 16.2 Å². The maximum atomic E-state index is 13.0. The van der Waals surface area contributed by atoms with Gasteiger partial charge in [-0.1, -0.05) is 5.21 Å². The number of amides is 1. The molecule has 2 N–H and O–H groups in total. The van der Waals surface area contributed by atoms with Crippen LogP contribution in [0.25, 0.3) is 0 Å². The lowest BCUT2D eigenvalue weighted by atomic mass is 10.2. The van der Waals surface area contributed by atoms with Gasteiger partial charge in [-0.3, -0.25) is 4.79 Å². The molecule has 0 radical (unpaired) electrons. The molecule has 0 aliphatic carbocycles. The van der Waals surface area contributed by atoms with Gasteiger partial charge in [-0.15, -0.1) is 10.2 Å². The summed E-state index contributed by atoms with van der Waals surface area (Å²) in [6.07, 6.45) is 0. The van der Waals surface area contributed by atoms with E-state index < -0.39 is 5.82 Å². The van der Waals surface area contributed by atoms with E-state index >= 15 is 0 Å². The topological polar surface area (TPSA) is 83.6 Å². The van der Waals surface area contributed by atoms with Crippen molar-refractivity contribution in [3.8, 4) is 0 Å². The molecule has 1 amide bonds. The molecule has 1 aromatic carbocycles. The van der Waals surface area contributed by atoms with Crippen molar-refractivity contribution in [2.24, 2.45) is 0 Å². The van der Waals surface area contributed by atoms with Crippen LogP contribution in [0, 0.1) is 5.82 Å². The maximum Gasteiger partial charge on any atom is 0.251 e. The van der Waals surface area contributed by atoms with Gasteiger partial charge in [-0.2, -0.15) is 5.21 Å². The Morgan fingerprint density at radius 3 is 3.00 bits per heavy atom. The minimum Gasteiger partial charge on any atom is -0.345 e. The first kappa shape index (κ1) is 11.6. The molecule has 2 rings (SSSR count). The number of aromatic amines is 1. The maximum absolute atomic E-state index is 13.0. The van der Waals surface area contributed by atoms with Crippen molar-refractivity contribution in [1.29, 1.82) is 0 Å². The summed E-state index contributed by atoms with van der Waals surface area (Å²) in [6.45, 7) is 0.157. The van der Waals surface area contributed by atoms with Crippen LogP contribution >= 0.6 is 15.9 Å². The molecule has 8 heteroatoms. The standard InChI is InChI=1S/C9H7BrFN5O/c10-6-3-5(1-2-7(6)11)9(17)12-4-8-13-15-16-14-8/h1-3H,4H2,(H,12,17)(H,13,14,15,16). The van der Waals surface area contributed by atoms with Crippen molar-refractivity contribution in [1.82, 2.24) is 25.9 Å².